The van der Waals surface area contributed by atoms with Gasteiger partial charge in [0.05, 0.1) is 6.54 Å². The lowest BCUT2D eigenvalue weighted by Gasteiger charge is -2.13. The van der Waals surface area contributed by atoms with Crippen molar-refractivity contribution in [3.63, 3.8) is 0 Å². The number of halogens is 2. The van der Waals surface area contributed by atoms with Gasteiger partial charge >= 0.3 is 0 Å². The third-order valence-electron chi connectivity index (χ3n) is 3.76. The van der Waals surface area contributed by atoms with E-state index in [2.05, 4.69) is 15.6 Å². The van der Waals surface area contributed by atoms with Crippen molar-refractivity contribution >= 4 is 17.6 Å². The van der Waals surface area contributed by atoms with Crippen molar-refractivity contribution in [2.45, 2.75) is 26.6 Å². The van der Waals surface area contributed by atoms with Crippen LogP contribution in [0.3, 0.4) is 0 Å². The monoisotopic (exact) mass is 376 g/mol. The highest BCUT2D eigenvalue weighted by atomic mass is 35.5. The highest BCUT2D eigenvalue weighted by Crippen LogP contribution is 2.15. The molecule has 2 aromatic rings. The van der Waals surface area contributed by atoms with Crippen molar-refractivity contribution in [2.24, 2.45) is 4.99 Å². The Labute approximate surface area is 160 Å². The smallest absolute Gasteiger partial charge is 0.191 e. The van der Waals surface area contributed by atoms with Crippen molar-refractivity contribution < 1.29 is 4.39 Å². The minimum absolute atomic E-state index is 0.185. The Hall–Kier alpha value is -2.11. The predicted octanol–water partition coefficient (Wildman–Crippen LogP) is 3.80. The van der Waals surface area contributed by atoms with Gasteiger partial charge in [0.2, 0.25) is 0 Å². The second-order valence-corrected chi connectivity index (χ2v) is 6.71. The van der Waals surface area contributed by atoms with Gasteiger partial charge in [-0.25, -0.2) is 9.38 Å². The molecule has 2 aromatic carbocycles. The van der Waals surface area contributed by atoms with Crippen LogP contribution in [-0.2, 0) is 19.6 Å². The molecule has 0 spiro atoms. The average molecular weight is 377 g/mol. The van der Waals surface area contributed by atoms with E-state index in [-0.39, 0.29) is 5.82 Å². The molecule has 0 aliphatic rings. The summed E-state index contributed by atoms with van der Waals surface area (Å²) in [6, 6.07) is 12.9. The summed E-state index contributed by atoms with van der Waals surface area (Å²) in [4.78, 5) is 6.54. The highest BCUT2D eigenvalue weighted by Gasteiger charge is 2.06. The van der Waals surface area contributed by atoms with E-state index >= 15 is 0 Å². The second kappa shape index (κ2) is 10.1. The summed E-state index contributed by atoms with van der Waals surface area (Å²) in [5.74, 6) is 0.515. The summed E-state index contributed by atoms with van der Waals surface area (Å²) in [7, 11) is 3.85. The maximum Gasteiger partial charge on any atom is 0.191 e. The third kappa shape index (κ3) is 6.32. The van der Waals surface area contributed by atoms with Crippen LogP contribution in [0.25, 0.3) is 0 Å². The largest absolute Gasteiger partial charge is 0.357 e. The van der Waals surface area contributed by atoms with Crippen LogP contribution >= 0.6 is 11.6 Å². The lowest BCUT2D eigenvalue weighted by atomic mass is 10.1. The summed E-state index contributed by atoms with van der Waals surface area (Å²) in [5.41, 5.74) is 2.66. The molecule has 0 saturated heterocycles. The summed E-state index contributed by atoms with van der Waals surface area (Å²) >= 11 is 6.19. The van der Waals surface area contributed by atoms with Crippen LogP contribution in [-0.4, -0.2) is 31.5 Å². The Morgan fingerprint density at radius 3 is 2.58 bits per heavy atom. The van der Waals surface area contributed by atoms with E-state index < -0.39 is 0 Å². The van der Waals surface area contributed by atoms with E-state index in [0.717, 1.165) is 22.7 Å². The molecular weight excluding hydrogens is 351 g/mol. The van der Waals surface area contributed by atoms with Crippen molar-refractivity contribution in [1.29, 1.82) is 0 Å². The van der Waals surface area contributed by atoms with Gasteiger partial charge in [-0.15, -0.1) is 0 Å². The number of nitrogens with zero attached hydrogens (tertiary/aromatic N) is 2. The first kappa shape index (κ1) is 20.2. The minimum atomic E-state index is -0.185. The predicted molar refractivity (Wildman–Crippen MR) is 107 cm³/mol. The SMILES string of the molecule is CCNC(=NCc1ccc(F)c(CN(C)C)c1)NCc1ccccc1Cl. The first-order valence-corrected chi connectivity index (χ1v) is 9.05. The number of rotatable bonds is 7. The quantitative estimate of drug-likeness (QED) is 0.570. The van der Waals surface area contributed by atoms with Crippen LogP contribution in [0, 0.1) is 5.82 Å². The zero-order valence-electron chi connectivity index (χ0n) is 15.5. The van der Waals surface area contributed by atoms with Crippen LogP contribution < -0.4 is 10.6 Å². The molecule has 0 fully saturated rings. The molecule has 0 aromatic heterocycles. The van der Waals surface area contributed by atoms with Gasteiger partial charge < -0.3 is 15.5 Å². The van der Waals surface area contributed by atoms with Crippen LogP contribution in [0.1, 0.15) is 23.6 Å². The molecule has 0 atom stereocenters. The molecule has 26 heavy (non-hydrogen) atoms. The fraction of sp³-hybridized carbons (Fsp3) is 0.350. The van der Waals surface area contributed by atoms with Crippen LogP contribution in [0.2, 0.25) is 5.02 Å². The van der Waals surface area contributed by atoms with Crippen molar-refractivity contribution in [3.05, 3.63) is 70.0 Å². The normalized spacial score (nSPS) is 11.7. The zero-order valence-corrected chi connectivity index (χ0v) is 16.3. The van der Waals surface area contributed by atoms with Crippen LogP contribution in [0.5, 0.6) is 0 Å². The third-order valence-corrected chi connectivity index (χ3v) is 4.13. The standard InChI is InChI=1S/C20H26ClFN4/c1-4-23-20(25-13-16-7-5-6-8-18(16)21)24-12-15-9-10-19(22)17(11-15)14-26(2)3/h5-11H,4,12-14H2,1-3H3,(H2,23,24,25). The Bertz CT molecular complexity index is 746. The lowest BCUT2D eigenvalue weighted by molar-refractivity contribution is 0.392. The molecular formula is C20H26ClFN4. The van der Waals surface area contributed by atoms with E-state index in [9.17, 15) is 4.39 Å². The van der Waals surface area contributed by atoms with E-state index in [0.29, 0.717) is 31.2 Å². The van der Waals surface area contributed by atoms with Crippen molar-refractivity contribution in [2.75, 3.05) is 20.6 Å². The molecule has 0 radical (unpaired) electrons. The van der Waals surface area contributed by atoms with E-state index in [4.69, 9.17) is 11.6 Å². The minimum Gasteiger partial charge on any atom is -0.357 e. The van der Waals surface area contributed by atoms with Crippen LogP contribution in [0.4, 0.5) is 4.39 Å². The van der Waals surface area contributed by atoms with Gasteiger partial charge in [0.15, 0.2) is 5.96 Å². The van der Waals surface area contributed by atoms with Gasteiger partial charge in [-0.2, -0.15) is 0 Å². The highest BCUT2D eigenvalue weighted by molar-refractivity contribution is 6.31. The maximum atomic E-state index is 13.9. The summed E-state index contributed by atoms with van der Waals surface area (Å²) in [6.07, 6.45) is 0. The molecule has 0 amide bonds. The average Bonchev–Trinajstić information content (AvgIpc) is 2.60. The van der Waals surface area contributed by atoms with Crippen LogP contribution in [0.15, 0.2) is 47.5 Å². The van der Waals surface area contributed by atoms with Gasteiger partial charge in [0.1, 0.15) is 5.82 Å². The van der Waals surface area contributed by atoms with Gasteiger partial charge in [0.25, 0.3) is 0 Å². The Morgan fingerprint density at radius 1 is 1.12 bits per heavy atom. The fourth-order valence-electron chi connectivity index (χ4n) is 2.52. The Kier molecular flexibility index (Phi) is 7.88. The second-order valence-electron chi connectivity index (χ2n) is 6.30. The summed E-state index contributed by atoms with van der Waals surface area (Å²) in [6.45, 7) is 4.39. The Morgan fingerprint density at radius 2 is 1.88 bits per heavy atom. The van der Waals surface area contributed by atoms with Gasteiger partial charge in [-0.05, 0) is 50.3 Å². The molecule has 0 aliphatic carbocycles. The molecule has 0 unspecified atom stereocenters. The summed E-state index contributed by atoms with van der Waals surface area (Å²) in [5, 5.41) is 7.22. The van der Waals surface area contributed by atoms with Gasteiger partial charge in [-0.1, -0.05) is 35.9 Å². The van der Waals surface area contributed by atoms with Crippen molar-refractivity contribution in [1.82, 2.24) is 15.5 Å². The molecule has 2 rings (SSSR count). The molecule has 0 aliphatic heterocycles. The van der Waals surface area contributed by atoms with E-state index in [1.807, 2.05) is 56.3 Å². The molecule has 0 saturated carbocycles. The number of aliphatic imine (C=N–C) groups is 1. The zero-order chi connectivity index (χ0) is 18.9. The number of hydrogen-bond acceptors (Lipinski definition) is 2. The van der Waals surface area contributed by atoms with E-state index in [1.54, 1.807) is 6.07 Å². The lowest BCUT2D eigenvalue weighted by Crippen LogP contribution is -2.36. The van der Waals surface area contributed by atoms with Gasteiger partial charge in [-0.3, -0.25) is 0 Å². The first-order chi connectivity index (χ1) is 12.5. The first-order valence-electron chi connectivity index (χ1n) is 8.67. The fourth-order valence-corrected chi connectivity index (χ4v) is 2.72. The number of guanidine groups is 1. The topological polar surface area (TPSA) is 39.7 Å². The molecule has 4 nitrogen and oxygen atoms in total. The van der Waals surface area contributed by atoms with E-state index in [1.165, 1.54) is 6.07 Å². The number of benzene rings is 2. The molecule has 140 valence electrons. The number of hydrogen-bond donors (Lipinski definition) is 2. The number of nitrogens with one attached hydrogen (secondary N) is 2. The Balaban J connectivity index is 2.05. The molecule has 6 heteroatoms. The molecule has 0 bridgehead atoms. The van der Waals surface area contributed by atoms with Gasteiger partial charge in [0, 0.05) is 30.2 Å². The molecule has 0 heterocycles. The van der Waals surface area contributed by atoms with Crippen molar-refractivity contribution in [3.8, 4) is 0 Å². The maximum absolute atomic E-state index is 13.9. The molecule has 2 N–H and O–H groups in total. The summed E-state index contributed by atoms with van der Waals surface area (Å²) < 4.78 is 13.9.